The Morgan fingerprint density at radius 2 is 1.85 bits per heavy atom. The first-order valence-electron chi connectivity index (χ1n) is 7.51. The molecule has 0 aliphatic carbocycles. The summed E-state index contributed by atoms with van der Waals surface area (Å²) >= 11 is 0. The maximum Gasteiger partial charge on any atom is 0.227 e. The van der Waals surface area contributed by atoms with E-state index < -0.39 is 0 Å². The molecule has 2 aliphatic heterocycles. The van der Waals surface area contributed by atoms with Gasteiger partial charge in [-0.15, -0.1) is 0 Å². The second-order valence-corrected chi connectivity index (χ2v) is 5.11. The number of carbonyl (C=O) groups is 1. The van der Waals surface area contributed by atoms with Crippen LogP contribution in [0, 0.1) is 5.82 Å². The van der Waals surface area contributed by atoms with Crippen LogP contribution in [0.5, 0.6) is 0 Å². The fourth-order valence-corrected chi connectivity index (χ4v) is 3.08. The quantitative estimate of drug-likeness (QED) is 0.900. The number of benzene rings is 1. The third kappa shape index (κ3) is 3.01. The second kappa shape index (κ2) is 6.84. The normalized spacial score (nSPS) is 24.1. The van der Waals surface area contributed by atoms with E-state index in [2.05, 4.69) is 5.32 Å². The van der Waals surface area contributed by atoms with Crippen molar-refractivity contribution in [2.45, 2.75) is 45.2 Å². The fraction of sp³-hybridized carbons (Fsp3) is 0.562. The molecule has 3 rings (SSSR count). The van der Waals surface area contributed by atoms with Crippen molar-refractivity contribution in [2.75, 3.05) is 13.1 Å². The number of nitrogens with one attached hydrogen (secondary N) is 1. The van der Waals surface area contributed by atoms with Gasteiger partial charge in [0.2, 0.25) is 5.91 Å². The lowest BCUT2D eigenvalue weighted by molar-refractivity contribution is -0.134. The van der Waals surface area contributed by atoms with Crippen molar-refractivity contribution in [3.63, 3.8) is 0 Å². The van der Waals surface area contributed by atoms with Crippen LogP contribution in [-0.2, 0) is 11.2 Å². The van der Waals surface area contributed by atoms with Crippen molar-refractivity contribution in [1.29, 1.82) is 0 Å². The summed E-state index contributed by atoms with van der Waals surface area (Å²) in [7, 11) is 0. The SMILES string of the molecule is CC.O=C(Cc1ccccc1F)N1C2CCC1CNC2. The van der Waals surface area contributed by atoms with E-state index in [4.69, 9.17) is 0 Å². The highest BCUT2D eigenvalue weighted by Crippen LogP contribution is 2.27. The van der Waals surface area contributed by atoms with Crippen LogP contribution >= 0.6 is 0 Å². The van der Waals surface area contributed by atoms with Crippen LogP contribution in [-0.4, -0.2) is 36.0 Å². The maximum absolute atomic E-state index is 13.5. The van der Waals surface area contributed by atoms with Gasteiger partial charge in [-0.2, -0.15) is 0 Å². The molecule has 0 aromatic heterocycles. The molecule has 0 radical (unpaired) electrons. The Hall–Kier alpha value is -1.42. The highest BCUT2D eigenvalue weighted by atomic mass is 19.1. The zero-order chi connectivity index (χ0) is 14.5. The van der Waals surface area contributed by atoms with Gasteiger partial charge in [0, 0.05) is 25.2 Å². The van der Waals surface area contributed by atoms with Gasteiger partial charge in [-0.1, -0.05) is 32.0 Å². The summed E-state index contributed by atoms with van der Waals surface area (Å²) in [6.07, 6.45) is 2.32. The van der Waals surface area contributed by atoms with Gasteiger partial charge in [-0.05, 0) is 24.5 Å². The average molecular weight is 278 g/mol. The molecular formula is C16H23FN2O. The zero-order valence-electron chi connectivity index (χ0n) is 12.2. The summed E-state index contributed by atoms with van der Waals surface area (Å²) in [5.74, 6) is -0.220. The van der Waals surface area contributed by atoms with Gasteiger partial charge in [0.1, 0.15) is 5.82 Å². The first-order chi connectivity index (χ1) is 9.75. The van der Waals surface area contributed by atoms with Crippen LogP contribution in [0.4, 0.5) is 4.39 Å². The second-order valence-electron chi connectivity index (χ2n) is 5.11. The first kappa shape index (κ1) is 15.0. The van der Waals surface area contributed by atoms with Gasteiger partial charge < -0.3 is 10.2 Å². The largest absolute Gasteiger partial charge is 0.334 e. The van der Waals surface area contributed by atoms with Gasteiger partial charge in [-0.3, -0.25) is 4.79 Å². The minimum Gasteiger partial charge on any atom is -0.334 e. The Kier molecular flexibility index (Phi) is 5.12. The summed E-state index contributed by atoms with van der Waals surface area (Å²) < 4.78 is 13.5. The van der Waals surface area contributed by atoms with E-state index in [0.29, 0.717) is 17.6 Å². The number of fused-ring (bicyclic) bond motifs is 2. The van der Waals surface area contributed by atoms with Crippen molar-refractivity contribution in [1.82, 2.24) is 10.2 Å². The molecule has 20 heavy (non-hydrogen) atoms. The summed E-state index contributed by atoms with van der Waals surface area (Å²) in [6, 6.07) is 7.15. The van der Waals surface area contributed by atoms with E-state index in [9.17, 15) is 9.18 Å². The fourth-order valence-electron chi connectivity index (χ4n) is 3.08. The number of hydrogen-bond acceptors (Lipinski definition) is 2. The molecule has 0 spiro atoms. The Morgan fingerprint density at radius 1 is 1.25 bits per heavy atom. The molecule has 2 heterocycles. The third-order valence-corrected chi connectivity index (χ3v) is 3.97. The number of carbonyl (C=O) groups excluding carboxylic acids is 1. The number of hydrogen-bond donors (Lipinski definition) is 1. The third-order valence-electron chi connectivity index (χ3n) is 3.97. The minimum atomic E-state index is -0.284. The summed E-state index contributed by atoms with van der Waals surface area (Å²) in [6.45, 7) is 5.75. The van der Waals surface area contributed by atoms with Gasteiger partial charge in [0.15, 0.2) is 0 Å². The Bertz CT molecular complexity index is 448. The van der Waals surface area contributed by atoms with Crippen LogP contribution in [0.1, 0.15) is 32.3 Å². The number of halogens is 1. The molecule has 0 saturated carbocycles. The Labute approximate surface area is 120 Å². The Balaban J connectivity index is 0.000000704. The van der Waals surface area contributed by atoms with Crippen molar-refractivity contribution < 1.29 is 9.18 Å². The Morgan fingerprint density at radius 3 is 2.45 bits per heavy atom. The lowest BCUT2D eigenvalue weighted by atomic mass is 10.1. The number of piperazine rings is 1. The van der Waals surface area contributed by atoms with Gasteiger partial charge in [0.25, 0.3) is 0 Å². The first-order valence-corrected chi connectivity index (χ1v) is 7.51. The summed E-state index contributed by atoms with van der Waals surface area (Å²) in [5, 5.41) is 3.34. The smallest absolute Gasteiger partial charge is 0.227 e. The van der Waals surface area contributed by atoms with Gasteiger partial charge >= 0.3 is 0 Å². The lowest BCUT2D eigenvalue weighted by Gasteiger charge is -2.35. The average Bonchev–Trinajstić information content (AvgIpc) is 2.73. The van der Waals surface area contributed by atoms with Crippen molar-refractivity contribution in [3.8, 4) is 0 Å². The summed E-state index contributed by atoms with van der Waals surface area (Å²) in [4.78, 5) is 14.3. The molecule has 1 aromatic carbocycles. The van der Waals surface area contributed by atoms with E-state index in [1.54, 1.807) is 18.2 Å². The molecule has 2 atom stereocenters. The minimum absolute atomic E-state index is 0.0640. The monoisotopic (exact) mass is 278 g/mol. The van der Waals surface area contributed by atoms with E-state index in [0.717, 1.165) is 25.9 Å². The van der Waals surface area contributed by atoms with E-state index >= 15 is 0 Å². The molecule has 1 aromatic rings. The summed E-state index contributed by atoms with van der Waals surface area (Å²) in [5.41, 5.74) is 0.500. The number of amides is 1. The van der Waals surface area contributed by atoms with Crippen LogP contribution in [0.2, 0.25) is 0 Å². The molecule has 2 bridgehead atoms. The topological polar surface area (TPSA) is 32.3 Å². The predicted molar refractivity (Wildman–Crippen MR) is 78.0 cm³/mol. The molecule has 2 unspecified atom stereocenters. The van der Waals surface area contributed by atoms with Crippen molar-refractivity contribution in [2.24, 2.45) is 0 Å². The molecule has 2 fully saturated rings. The maximum atomic E-state index is 13.5. The highest BCUT2D eigenvalue weighted by Gasteiger charge is 2.39. The van der Waals surface area contributed by atoms with Crippen molar-refractivity contribution in [3.05, 3.63) is 35.6 Å². The lowest BCUT2D eigenvalue weighted by Crippen LogP contribution is -2.54. The van der Waals surface area contributed by atoms with Crippen LogP contribution < -0.4 is 5.32 Å². The predicted octanol–water partition coefficient (Wildman–Crippen LogP) is 2.36. The molecule has 110 valence electrons. The molecular weight excluding hydrogens is 255 g/mol. The van der Waals surface area contributed by atoms with E-state index in [1.807, 2.05) is 18.7 Å². The van der Waals surface area contributed by atoms with E-state index in [1.165, 1.54) is 6.07 Å². The van der Waals surface area contributed by atoms with Crippen LogP contribution in [0.15, 0.2) is 24.3 Å². The number of rotatable bonds is 2. The molecule has 1 amide bonds. The zero-order valence-corrected chi connectivity index (χ0v) is 12.2. The molecule has 2 aliphatic rings. The molecule has 2 saturated heterocycles. The standard InChI is InChI=1S/C14H17FN2O.C2H6/c15-13-4-2-1-3-10(13)7-14(18)17-11-5-6-12(17)9-16-8-11;1-2/h1-4,11-12,16H,5-9H2;1-2H3. The van der Waals surface area contributed by atoms with Crippen LogP contribution in [0.3, 0.4) is 0 Å². The molecule has 1 N–H and O–H groups in total. The van der Waals surface area contributed by atoms with Crippen LogP contribution in [0.25, 0.3) is 0 Å². The van der Waals surface area contributed by atoms with Gasteiger partial charge in [0.05, 0.1) is 6.42 Å². The van der Waals surface area contributed by atoms with Crippen molar-refractivity contribution >= 4 is 5.91 Å². The van der Waals surface area contributed by atoms with Gasteiger partial charge in [-0.25, -0.2) is 4.39 Å². The van der Waals surface area contributed by atoms with E-state index in [-0.39, 0.29) is 18.1 Å². The number of nitrogens with zero attached hydrogens (tertiary/aromatic N) is 1. The highest BCUT2D eigenvalue weighted by molar-refractivity contribution is 5.80. The molecule has 4 heteroatoms. The molecule has 3 nitrogen and oxygen atoms in total.